The maximum absolute atomic E-state index is 13.5. The van der Waals surface area contributed by atoms with E-state index in [0.717, 1.165) is 36.9 Å². The molecule has 9 nitrogen and oxygen atoms in total. The van der Waals surface area contributed by atoms with Crippen molar-refractivity contribution in [2.45, 2.75) is 44.7 Å². The van der Waals surface area contributed by atoms with E-state index in [2.05, 4.69) is 10.4 Å². The summed E-state index contributed by atoms with van der Waals surface area (Å²) in [5.41, 5.74) is 2.78. The van der Waals surface area contributed by atoms with Gasteiger partial charge in [-0.05, 0) is 49.9 Å². The van der Waals surface area contributed by atoms with E-state index in [0.29, 0.717) is 55.6 Å². The van der Waals surface area contributed by atoms with Gasteiger partial charge in [0.15, 0.2) is 5.69 Å². The first-order valence-corrected chi connectivity index (χ1v) is 12.0. The van der Waals surface area contributed by atoms with Crippen molar-refractivity contribution in [3.05, 3.63) is 46.8 Å². The third-order valence-electron chi connectivity index (χ3n) is 7.07. The van der Waals surface area contributed by atoms with Gasteiger partial charge in [-0.15, -0.1) is 0 Å². The number of benzene rings is 1. The Morgan fingerprint density at radius 3 is 2.50 bits per heavy atom. The van der Waals surface area contributed by atoms with Crippen LogP contribution in [0.15, 0.2) is 24.3 Å². The molecule has 3 heterocycles. The summed E-state index contributed by atoms with van der Waals surface area (Å²) in [5.74, 6) is 0.346. The average molecular weight is 466 g/mol. The van der Waals surface area contributed by atoms with Crippen LogP contribution in [0.1, 0.15) is 57.8 Å². The summed E-state index contributed by atoms with van der Waals surface area (Å²) in [6.45, 7) is 1.94. The molecule has 0 unspecified atom stereocenters. The summed E-state index contributed by atoms with van der Waals surface area (Å²) in [6, 6.07) is 7.37. The van der Waals surface area contributed by atoms with Crippen molar-refractivity contribution < 1.29 is 19.1 Å². The maximum Gasteiger partial charge on any atom is 0.274 e. The summed E-state index contributed by atoms with van der Waals surface area (Å²) in [5, 5.41) is 7.62. The number of ether oxygens (including phenoxy) is 1. The molecule has 3 amide bonds. The van der Waals surface area contributed by atoms with E-state index in [-0.39, 0.29) is 23.6 Å². The Balaban J connectivity index is 1.32. The molecule has 5 rings (SSSR count). The largest absolute Gasteiger partial charge is 0.497 e. The molecule has 0 radical (unpaired) electrons. The molecule has 9 heteroatoms. The van der Waals surface area contributed by atoms with E-state index in [1.165, 1.54) is 0 Å². The van der Waals surface area contributed by atoms with Crippen LogP contribution in [0, 0.1) is 5.92 Å². The molecule has 2 aromatic rings. The molecule has 1 aliphatic carbocycles. The van der Waals surface area contributed by atoms with Crippen LogP contribution in [0.25, 0.3) is 0 Å². The predicted octanol–water partition coefficient (Wildman–Crippen LogP) is 1.76. The van der Waals surface area contributed by atoms with Crippen LogP contribution in [-0.2, 0) is 24.8 Å². The summed E-state index contributed by atoms with van der Waals surface area (Å²) in [6.07, 6.45) is 4.33. The normalized spacial score (nSPS) is 20.0. The lowest BCUT2D eigenvalue weighted by molar-refractivity contribution is -0.126. The van der Waals surface area contributed by atoms with Gasteiger partial charge in [0.1, 0.15) is 5.75 Å². The number of methoxy groups -OCH3 is 1. The van der Waals surface area contributed by atoms with Crippen molar-refractivity contribution in [2.24, 2.45) is 13.0 Å². The number of hydrogen-bond acceptors (Lipinski definition) is 5. The number of hydrogen-bond donors (Lipinski definition) is 1. The van der Waals surface area contributed by atoms with Gasteiger partial charge in [-0.1, -0.05) is 0 Å². The number of likely N-dealkylation sites (tertiary alicyclic amines) is 1. The Morgan fingerprint density at radius 1 is 1.03 bits per heavy atom. The number of piperidine rings is 1. The Morgan fingerprint density at radius 2 is 1.79 bits per heavy atom. The Hall–Kier alpha value is -3.36. The van der Waals surface area contributed by atoms with Gasteiger partial charge in [0.2, 0.25) is 5.91 Å². The second-order valence-electron chi connectivity index (χ2n) is 9.48. The van der Waals surface area contributed by atoms with E-state index in [4.69, 9.17) is 4.74 Å². The quantitative estimate of drug-likeness (QED) is 0.726. The zero-order valence-corrected chi connectivity index (χ0v) is 19.7. The second-order valence-corrected chi connectivity index (χ2v) is 9.48. The molecule has 34 heavy (non-hydrogen) atoms. The van der Waals surface area contributed by atoms with Gasteiger partial charge in [0, 0.05) is 56.0 Å². The van der Waals surface area contributed by atoms with Gasteiger partial charge in [0.05, 0.1) is 19.6 Å². The van der Waals surface area contributed by atoms with Crippen LogP contribution in [0.4, 0.5) is 0 Å². The first kappa shape index (κ1) is 22.4. The molecular formula is C25H31N5O4. The van der Waals surface area contributed by atoms with Gasteiger partial charge < -0.3 is 19.9 Å². The number of nitrogens with one attached hydrogen (secondary N) is 1. The fourth-order valence-corrected chi connectivity index (χ4v) is 4.93. The lowest BCUT2D eigenvalue weighted by Crippen LogP contribution is -2.46. The topological polar surface area (TPSA) is 96.8 Å². The Kier molecular flexibility index (Phi) is 6.02. The number of amides is 3. The summed E-state index contributed by atoms with van der Waals surface area (Å²) in [7, 11) is 3.44. The minimum atomic E-state index is -0.175. The SMILES string of the molecule is COc1ccc(C(=O)N2CCc3c(c(C(=O)N4CCC[C@@H](C(=O)NC5CC5)C4)nn3C)C2)cc1. The van der Waals surface area contributed by atoms with E-state index < -0.39 is 0 Å². The molecule has 0 bridgehead atoms. The van der Waals surface area contributed by atoms with Crippen LogP contribution in [0.2, 0.25) is 0 Å². The van der Waals surface area contributed by atoms with Crippen molar-refractivity contribution in [1.29, 1.82) is 0 Å². The van der Waals surface area contributed by atoms with Crippen molar-refractivity contribution in [2.75, 3.05) is 26.7 Å². The number of aromatic nitrogens is 2. The third-order valence-corrected chi connectivity index (χ3v) is 7.07. The molecule has 1 N–H and O–H groups in total. The van der Waals surface area contributed by atoms with Gasteiger partial charge in [-0.2, -0.15) is 5.10 Å². The molecular weight excluding hydrogens is 434 g/mol. The van der Waals surface area contributed by atoms with Gasteiger partial charge in [0.25, 0.3) is 11.8 Å². The molecule has 0 spiro atoms. The highest BCUT2D eigenvalue weighted by molar-refractivity contribution is 5.96. The molecule has 1 saturated heterocycles. The van der Waals surface area contributed by atoms with Crippen molar-refractivity contribution in [1.82, 2.24) is 24.9 Å². The molecule has 1 aromatic heterocycles. The van der Waals surface area contributed by atoms with Crippen LogP contribution in [0.5, 0.6) is 5.75 Å². The number of rotatable bonds is 5. The third kappa shape index (κ3) is 4.38. The minimum Gasteiger partial charge on any atom is -0.497 e. The number of nitrogens with zero attached hydrogens (tertiary/aromatic N) is 4. The van der Waals surface area contributed by atoms with E-state index in [1.807, 2.05) is 7.05 Å². The molecule has 1 aromatic carbocycles. The Bertz CT molecular complexity index is 1110. The van der Waals surface area contributed by atoms with Crippen molar-refractivity contribution in [3.63, 3.8) is 0 Å². The van der Waals surface area contributed by atoms with Gasteiger partial charge in [-0.25, -0.2) is 0 Å². The number of carbonyl (C=O) groups excluding carboxylic acids is 3. The van der Waals surface area contributed by atoms with Crippen molar-refractivity contribution >= 4 is 17.7 Å². The highest BCUT2D eigenvalue weighted by Gasteiger charge is 2.35. The maximum atomic E-state index is 13.5. The predicted molar refractivity (Wildman–Crippen MR) is 124 cm³/mol. The fraction of sp³-hybridized carbons (Fsp3) is 0.520. The molecule has 1 saturated carbocycles. The van der Waals surface area contributed by atoms with Crippen LogP contribution < -0.4 is 10.1 Å². The van der Waals surface area contributed by atoms with E-state index in [1.54, 1.807) is 45.9 Å². The molecule has 3 aliphatic rings. The first-order valence-electron chi connectivity index (χ1n) is 12.0. The highest BCUT2D eigenvalue weighted by Crippen LogP contribution is 2.27. The summed E-state index contributed by atoms with van der Waals surface area (Å²) < 4.78 is 6.95. The monoisotopic (exact) mass is 465 g/mol. The number of aryl methyl sites for hydroxylation is 1. The van der Waals surface area contributed by atoms with Crippen LogP contribution >= 0.6 is 0 Å². The van der Waals surface area contributed by atoms with Gasteiger partial charge >= 0.3 is 0 Å². The standard InChI is InChI=1S/C25H31N5O4/c1-28-21-11-13-30(24(32)16-5-9-19(34-2)10-6-16)15-20(21)22(27-28)25(33)29-12-3-4-17(14-29)23(31)26-18-7-8-18/h5-6,9-10,17-18H,3-4,7-8,11-15H2,1-2H3,(H,26,31)/t17-/m1/s1. The van der Waals surface area contributed by atoms with Crippen LogP contribution in [-0.4, -0.2) is 70.1 Å². The molecule has 2 fully saturated rings. The Labute approximate surface area is 199 Å². The van der Waals surface area contributed by atoms with E-state index in [9.17, 15) is 14.4 Å². The van der Waals surface area contributed by atoms with E-state index >= 15 is 0 Å². The molecule has 180 valence electrons. The average Bonchev–Trinajstić information content (AvgIpc) is 3.63. The van der Waals surface area contributed by atoms with Gasteiger partial charge in [-0.3, -0.25) is 19.1 Å². The minimum absolute atomic E-state index is 0.0549. The number of fused-ring (bicyclic) bond motifs is 1. The molecule has 2 aliphatic heterocycles. The lowest BCUT2D eigenvalue weighted by Gasteiger charge is -2.32. The summed E-state index contributed by atoms with van der Waals surface area (Å²) >= 11 is 0. The smallest absolute Gasteiger partial charge is 0.274 e. The summed E-state index contributed by atoms with van der Waals surface area (Å²) in [4.78, 5) is 42.7. The zero-order chi connectivity index (χ0) is 23.8. The fourth-order valence-electron chi connectivity index (χ4n) is 4.93. The highest BCUT2D eigenvalue weighted by atomic mass is 16.5. The zero-order valence-electron chi connectivity index (χ0n) is 19.7. The first-order chi connectivity index (χ1) is 16.4. The number of carbonyl (C=O) groups is 3. The van der Waals surface area contributed by atoms with Crippen LogP contribution in [0.3, 0.4) is 0 Å². The molecule has 1 atom stereocenters. The second kappa shape index (κ2) is 9.12. The van der Waals surface area contributed by atoms with Crippen molar-refractivity contribution in [3.8, 4) is 5.75 Å². The lowest BCUT2D eigenvalue weighted by atomic mass is 9.96.